The Morgan fingerprint density at radius 1 is 1.00 bits per heavy atom. The smallest absolute Gasteiger partial charge is 0.253 e. The molecule has 2 aromatic carbocycles. The van der Waals surface area contributed by atoms with Crippen molar-refractivity contribution in [2.75, 3.05) is 32.8 Å². The lowest BCUT2D eigenvalue weighted by atomic mass is 9.98. The van der Waals surface area contributed by atoms with Crippen LogP contribution in [0.1, 0.15) is 33.9 Å². The molecule has 4 heteroatoms. The topological polar surface area (TPSA) is 32.8 Å². The summed E-state index contributed by atoms with van der Waals surface area (Å²) >= 11 is 0. The number of fused-ring (bicyclic) bond motifs is 1. The number of benzene rings is 2. The molecule has 2 aliphatic rings. The van der Waals surface area contributed by atoms with Crippen LogP contribution in [-0.2, 0) is 0 Å². The Kier molecular flexibility index (Phi) is 4.45. The third kappa shape index (κ3) is 3.27. The zero-order chi connectivity index (χ0) is 17.2. The van der Waals surface area contributed by atoms with Crippen LogP contribution in [0, 0.1) is 6.92 Å². The molecule has 130 valence electrons. The summed E-state index contributed by atoms with van der Waals surface area (Å²) in [6.45, 7) is 6.20. The van der Waals surface area contributed by atoms with Gasteiger partial charge < -0.3 is 9.64 Å². The Morgan fingerprint density at radius 3 is 2.48 bits per heavy atom. The molecule has 0 spiro atoms. The summed E-state index contributed by atoms with van der Waals surface area (Å²) < 4.78 is 5.78. The average Bonchev–Trinajstić information content (AvgIpc) is 2.68. The first-order valence-electron chi connectivity index (χ1n) is 9.04. The van der Waals surface area contributed by atoms with Crippen molar-refractivity contribution in [3.05, 3.63) is 65.2 Å². The normalized spacial score (nSPS) is 20.7. The molecule has 2 aromatic rings. The molecule has 0 bridgehead atoms. The van der Waals surface area contributed by atoms with E-state index in [1.165, 1.54) is 11.1 Å². The van der Waals surface area contributed by atoms with Gasteiger partial charge in [-0.15, -0.1) is 0 Å². The Labute approximate surface area is 149 Å². The van der Waals surface area contributed by atoms with E-state index in [0.29, 0.717) is 6.04 Å². The van der Waals surface area contributed by atoms with E-state index in [1.54, 1.807) is 0 Å². The number of ether oxygens (including phenoxy) is 1. The zero-order valence-electron chi connectivity index (χ0n) is 14.6. The first-order valence-corrected chi connectivity index (χ1v) is 9.04. The van der Waals surface area contributed by atoms with Crippen LogP contribution in [0.25, 0.3) is 0 Å². The number of rotatable bonds is 2. The molecule has 1 fully saturated rings. The number of carbonyl (C=O) groups is 1. The van der Waals surface area contributed by atoms with Gasteiger partial charge in [-0.3, -0.25) is 9.69 Å². The minimum Gasteiger partial charge on any atom is -0.493 e. The maximum absolute atomic E-state index is 12.7. The van der Waals surface area contributed by atoms with E-state index in [4.69, 9.17) is 4.74 Å². The van der Waals surface area contributed by atoms with Crippen LogP contribution in [-0.4, -0.2) is 48.5 Å². The number of piperazine rings is 1. The highest BCUT2D eigenvalue weighted by Crippen LogP contribution is 2.36. The number of para-hydroxylation sites is 1. The second-order valence-corrected chi connectivity index (χ2v) is 6.88. The summed E-state index contributed by atoms with van der Waals surface area (Å²) in [5, 5.41) is 0. The van der Waals surface area contributed by atoms with E-state index in [9.17, 15) is 4.79 Å². The molecule has 4 rings (SSSR count). The van der Waals surface area contributed by atoms with Gasteiger partial charge >= 0.3 is 0 Å². The molecule has 2 aliphatic heterocycles. The van der Waals surface area contributed by atoms with Crippen LogP contribution in [0.2, 0.25) is 0 Å². The fraction of sp³-hybridized carbons (Fsp3) is 0.381. The summed E-state index contributed by atoms with van der Waals surface area (Å²) in [4.78, 5) is 17.2. The Balaban J connectivity index is 1.42. The highest BCUT2D eigenvalue weighted by molar-refractivity contribution is 5.94. The van der Waals surface area contributed by atoms with Crippen molar-refractivity contribution in [3.63, 3.8) is 0 Å². The van der Waals surface area contributed by atoms with Gasteiger partial charge in [-0.05, 0) is 25.1 Å². The molecule has 25 heavy (non-hydrogen) atoms. The molecular weight excluding hydrogens is 312 g/mol. The molecule has 1 atom stereocenters. The maximum atomic E-state index is 12.7. The van der Waals surface area contributed by atoms with Crippen molar-refractivity contribution in [1.82, 2.24) is 9.80 Å². The number of hydrogen-bond donors (Lipinski definition) is 0. The fourth-order valence-corrected chi connectivity index (χ4v) is 3.82. The highest BCUT2D eigenvalue weighted by Gasteiger charge is 2.30. The van der Waals surface area contributed by atoms with Gasteiger partial charge in [0.05, 0.1) is 6.61 Å². The third-order valence-electron chi connectivity index (χ3n) is 5.27. The van der Waals surface area contributed by atoms with Crippen LogP contribution >= 0.6 is 0 Å². The van der Waals surface area contributed by atoms with Crippen molar-refractivity contribution >= 4 is 5.91 Å². The molecule has 0 saturated carbocycles. The molecular formula is C21H24N2O2. The molecule has 0 N–H and O–H groups in total. The second-order valence-electron chi connectivity index (χ2n) is 6.88. The molecule has 1 unspecified atom stereocenters. The largest absolute Gasteiger partial charge is 0.493 e. The van der Waals surface area contributed by atoms with Gasteiger partial charge in [-0.2, -0.15) is 0 Å². The van der Waals surface area contributed by atoms with Crippen molar-refractivity contribution in [1.29, 1.82) is 0 Å². The predicted octanol–water partition coefficient (Wildman–Crippen LogP) is 3.28. The van der Waals surface area contributed by atoms with Gasteiger partial charge in [0.25, 0.3) is 5.91 Å². The summed E-state index contributed by atoms with van der Waals surface area (Å²) in [7, 11) is 0. The lowest BCUT2D eigenvalue weighted by Gasteiger charge is -2.41. The van der Waals surface area contributed by atoms with Crippen molar-refractivity contribution in [2.24, 2.45) is 0 Å². The van der Waals surface area contributed by atoms with Gasteiger partial charge in [0.15, 0.2) is 0 Å². The van der Waals surface area contributed by atoms with Gasteiger partial charge in [-0.25, -0.2) is 0 Å². The first-order chi connectivity index (χ1) is 12.2. The molecule has 0 aliphatic carbocycles. The number of nitrogens with zero attached hydrogens (tertiary/aromatic N) is 2. The van der Waals surface area contributed by atoms with E-state index in [1.807, 2.05) is 42.2 Å². The minimum atomic E-state index is 0.145. The Hall–Kier alpha value is -2.33. The first kappa shape index (κ1) is 16.2. The molecule has 1 saturated heterocycles. The lowest BCUT2D eigenvalue weighted by molar-refractivity contribution is 0.0510. The number of amides is 1. The fourth-order valence-electron chi connectivity index (χ4n) is 3.82. The molecule has 1 amide bonds. The summed E-state index contributed by atoms with van der Waals surface area (Å²) in [6.07, 6.45) is 1.02. The van der Waals surface area contributed by atoms with E-state index in [0.717, 1.165) is 50.5 Å². The molecule has 4 nitrogen and oxygen atoms in total. The average molecular weight is 336 g/mol. The molecule has 0 aromatic heterocycles. The van der Waals surface area contributed by atoms with E-state index < -0.39 is 0 Å². The van der Waals surface area contributed by atoms with Crippen molar-refractivity contribution in [3.8, 4) is 5.75 Å². The number of carbonyl (C=O) groups excluding carboxylic acids is 1. The quantitative estimate of drug-likeness (QED) is 0.844. The van der Waals surface area contributed by atoms with Crippen LogP contribution < -0.4 is 4.74 Å². The molecule has 2 heterocycles. The van der Waals surface area contributed by atoms with E-state index in [2.05, 4.69) is 23.1 Å². The van der Waals surface area contributed by atoms with Gasteiger partial charge in [0, 0.05) is 49.8 Å². The van der Waals surface area contributed by atoms with E-state index in [-0.39, 0.29) is 5.91 Å². The maximum Gasteiger partial charge on any atom is 0.253 e. The van der Waals surface area contributed by atoms with Crippen LogP contribution in [0.5, 0.6) is 5.75 Å². The second kappa shape index (κ2) is 6.89. The van der Waals surface area contributed by atoms with Crippen LogP contribution in [0.15, 0.2) is 48.5 Å². The standard InChI is InChI=1S/C21H24N2O2/c1-16-6-8-17(9-7-16)21(24)23-13-11-22(12-14-23)19-10-15-25-20-5-3-2-4-18(19)20/h2-9,19H,10-15H2,1H3. The van der Waals surface area contributed by atoms with Gasteiger partial charge in [0.2, 0.25) is 0 Å². The predicted molar refractivity (Wildman–Crippen MR) is 98.0 cm³/mol. The minimum absolute atomic E-state index is 0.145. The van der Waals surface area contributed by atoms with E-state index >= 15 is 0 Å². The zero-order valence-corrected chi connectivity index (χ0v) is 14.6. The summed E-state index contributed by atoms with van der Waals surface area (Å²) in [5.41, 5.74) is 3.25. The van der Waals surface area contributed by atoms with Crippen LogP contribution in [0.3, 0.4) is 0 Å². The SMILES string of the molecule is Cc1ccc(C(=O)N2CCN(C3CCOc4ccccc43)CC2)cc1. The van der Waals surface area contributed by atoms with Crippen molar-refractivity contribution < 1.29 is 9.53 Å². The van der Waals surface area contributed by atoms with Crippen LogP contribution in [0.4, 0.5) is 0 Å². The third-order valence-corrected chi connectivity index (χ3v) is 5.27. The summed E-state index contributed by atoms with van der Waals surface area (Å²) in [5.74, 6) is 1.16. The highest BCUT2D eigenvalue weighted by atomic mass is 16.5. The van der Waals surface area contributed by atoms with Gasteiger partial charge in [-0.1, -0.05) is 35.9 Å². The monoisotopic (exact) mass is 336 g/mol. The summed E-state index contributed by atoms with van der Waals surface area (Å²) in [6, 6.07) is 16.6. The van der Waals surface area contributed by atoms with Gasteiger partial charge in [0.1, 0.15) is 5.75 Å². The van der Waals surface area contributed by atoms with Crippen molar-refractivity contribution in [2.45, 2.75) is 19.4 Å². The Morgan fingerprint density at radius 2 is 1.72 bits per heavy atom. The lowest BCUT2D eigenvalue weighted by Crippen LogP contribution is -2.50. The Bertz CT molecular complexity index is 749. The number of aryl methyl sites for hydroxylation is 1. The molecule has 0 radical (unpaired) electrons. The number of hydrogen-bond acceptors (Lipinski definition) is 3.